The van der Waals surface area contributed by atoms with Crippen LogP contribution in [0.25, 0.3) is 11.2 Å². The summed E-state index contributed by atoms with van der Waals surface area (Å²) in [6, 6.07) is 5.56. The Morgan fingerprint density at radius 2 is 1.23 bits per heavy atom. The van der Waals surface area contributed by atoms with E-state index < -0.39 is 62.9 Å². The molecular formula is C61H104N10O12P+. The van der Waals surface area contributed by atoms with E-state index in [1.807, 2.05) is 33.1 Å². The fourth-order valence-corrected chi connectivity index (χ4v) is 9.93. The van der Waals surface area contributed by atoms with E-state index in [9.17, 15) is 33.4 Å². The van der Waals surface area contributed by atoms with Gasteiger partial charge in [-0.15, -0.1) is 0 Å². The molecule has 2 aromatic heterocycles. The number of fused-ring (bicyclic) bond motifs is 1. The molecule has 0 aliphatic carbocycles. The monoisotopic (exact) mass is 1200 g/mol. The molecule has 0 aliphatic heterocycles. The molecule has 3 rings (SSSR count). The number of carbonyl (C=O) groups is 5. The first-order chi connectivity index (χ1) is 40.3. The van der Waals surface area contributed by atoms with E-state index in [0.717, 1.165) is 44.2 Å². The van der Waals surface area contributed by atoms with Crippen molar-refractivity contribution in [1.29, 1.82) is 0 Å². The summed E-state index contributed by atoms with van der Waals surface area (Å²) >= 11 is 0. The van der Waals surface area contributed by atoms with Crippen molar-refractivity contribution in [2.24, 2.45) is 0 Å². The van der Waals surface area contributed by atoms with Gasteiger partial charge in [-0.3, -0.25) is 28.2 Å². The number of phosphoric ester groups is 1. The van der Waals surface area contributed by atoms with Gasteiger partial charge in [0, 0.05) is 37.7 Å². The Balaban J connectivity index is 1.52. The van der Waals surface area contributed by atoms with Crippen LogP contribution in [0.1, 0.15) is 216 Å². The molecule has 0 spiro atoms. The van der Waals surface area contributed by atoms with E-state index in [1.165, 1.54) is 109 Å². The molecule has 3 aromatic rings. The number of anilines is 3. The zero-order valence-corrected chi connectivity index (χ0v) is 52.6. The van der Waals surface area contributed by atoms with Crippen LogP contribution in [0.3, 0.4) is 0 Å². The summed E-state index contributed by atoms with van der Waals surface area (Å²) in [6.45, 7) is 4.09. The second kappa shape index (κ2) is 42.3. The lowest BCUT2D eigenvalue weighted by molar-refractivity contribution is -0.870. The number of rotatable bonds is 49. The average Bonchev–Trinajstić information content (AvgIpc) is 2.99. The first kappa shape index (κ1) is 72.7. The summed E-state index contributed by atoms with van der Waals surface area (Å²) in [5.74, 6) is -2.91. The van der Waals surface area contributed by atoms with Crippen molar-refractivity contribution in [2.45, 2.75) is 219 Å². The third-order valence-corrected chi connectivity index (χ3v) is 15.3. The number of esters is 3. The van der Waals surface area contributed by atoms with Crippen LogP contribution in [0, 0.1) is 0 Å². The number of amides is 2. The molecule has 0 saturated heterocycles. The predicted molar refractivity (Wildman–Crippen MR) is 328 cm³/mol. The predicted octanol–water partition coefficient (Wildman–Crippen LogP) is 10.6. The number of nitrogens with two attached hydrogens (primary N) is 2. The van der Waals surface area contributed by atoms with Gasteiger partial charge in [0.25, 0.3) is 5.91 Å². The summed E-state index contributed by atoms with van der Waals surface area (Å²) in [6.07, 6.45) is 28.9. The molecule has 0 saturated carbocycles. The molecule has 1 aromatic carbocycles. The molecule has 0 bridgehead atoms. The standard InChI is InChI=1S/C61H103N10O12P/c1-7-9-11-13-15-17-19-20-21-22-23-24-26-28-30-32-54(73)80-46-51(47-82-84(77,78)81-43-41-71(4,5)6)83-55(74)39-40-64-53(72)38-37-52(60(76)79-42-31-29-27-25-18-16-14-12-10-8-2)67-59(75)48-33-35-50(36-34-48)70(3)45-49-44-65-58-56(66-49)57(62)68-61(63)69-58/h33-36,44,51-52H,7-32,37-43,45-47H2,1-6H3,(H6-,62,63,64,65,67,68,69,72,75,77,78)/p+1/t51?,52-/m0/s1. The lowest BCUT2D eigenvalue weighted by atomic mass is 10.0. The first-order valence-electron chi connectivity index (χ1n) is 31.2. The number of hydrogen-bond donors (Lipinski definition) is 5. The normalized spacial score (nSPS) is 13.0. The zero-order chi connectivity index (χ0) is 61.4. The lowest BCUT2D eigenvalue weighted by Crippen LogP contribution is -2.43. The van der Waals surface area contributed by atoms with Crippen LogP contribution in [0.5, 0.6) is 0 Å². The molecule has 0 fully saturated rings. The molecule has 2 amide bonds. The highest BCUT2D eigenvalue weighted by atomic mass is 31.2. The number of nitrogens with zero attached hydrogens (tertiary/aromatic N) is 6. The Bertz CT molecular complexity index is 2410. The van der Waals surface area contributed by atoms with Gasteiger partial charge in [-0.2, -0.15) is 9.97 Å². The summed E-state index contributed by atoms with van der Waals surface area (Å²) < 4.78 is 40.1. The number of hydrogen-bond acceptors (Lipinski definition) is 18. The van der Waals surface area contributed by atoms with E-state index in [1.54, 1.807) is 30.5 Å². The number of aromatic nitrogens is 4. The van der Waals surface area contributed by atoms with Crippen LogP contribution < -0.4 is 27.0 Å². The summed E-state index contributed by atoms with van der Waals surface area (Å²) in [4.78, 5) is 95.4. The number of ether oxygens (including phenoxy) is 3. The van der Waals surface area contributed by atoms with Crippen LogP contribution in [0.2, 0.25) is 0 Å². The SMILES string of the molecule is CCCCCCCCCCCCCCCCCC(=O)OCC(COP(=O)(O)OCC[N+](C)(C)C)OC(=O)CCNC(=O)CC[C@H](NC(=O)c1ccc(N(C)Cc2cnc3nc(N)nc(N)c3n2)cc1)C(=O)OCCCCCCCCCCCC. The summed E-state index contributed by atoms with van der Waals surface area (Å²) in [5, 5.41) is 5.41. The van der Waals surface area contributed by atoms with Crippen molar-refractivity contribution in [3.8, 4) is 0 Å². The Morgan fingerprint density at radius 1 is 0.667 bits per heavy atom. The molecule has 0 aliphatic rings. The lowest BCUT2D eigenvalue weighted by Gasteiger charge is -2.24. The number of phosphoric acid groups is 1. The van der Waals surface area contributed by atoms with Gasteiger partial charge in [0.2, 0.25) is 11.9 Å². The smallest absolute Gasteiger partial charge is 0.464 e. The van der Waals surface area contributed by atoms with Gasteiger partial charge in [-0.1, -0.05) is 162 Å². The Kier molecular flexibility index (Phi) is 36.6. The quantitative estimate of drug-likeness (QED) is 0.0115. The molecular weight excluding hydrogens is 1100 g/mol. The van der Waals surface area contributed by atoms with Crippen LogP contribution in [0.15, 0.2) is 30.5 Å². The van der Waals surface area contributed by atoms with Crippen molar-refractivity contribution in [1.82, 2.24) is 30.6 Å². The molecule has 84 heavy (non-hydrogen) atoms. The molecule has 474 valence electrons. The summed E-state index contributed by atoms with van der Waals surface area (Å²) in [5.41, 5.74) is 13.9. The summed E-state index contributed by atoms with van der Waals surface area (Å²) in [7, 11) is 2.96. The number of quaternary nitrogens is 1. The minimum Gasteiger partial charge on any atom is -0.464 e. The number of unbranched alkanes of at least 4 members (excludes halogenated alkanes) is 23. The first-order valence-corrected chi connectivity index (χ1v) is 32.7. The van der Waals surface area contributed by atoms with Crippen LogP contribution in [0.4, 0.5) is 17.5 Å². The second-order valence-electron chi connectivity index (χ2n) is 23.0. The van der Waals surface area contributed by atoms with E-state index in [2.05, 4.69) is 44.4 Å². The highest BCUT2D eigenvalue weighted by molar-refractivity contribution is 7.47. The molecule has 7 N–H and O–H groups in total. The third kappa shape index (κ3) is 33.8. The van der Waals surface area contributed by atoms with Gasteiger partial charge >= 0.3 is 25.7 Å². The maximum absolute atomic E-state index is 13.7. The largest absolute Gasteiger partial charge is 0.472 e. The molecule has 23 heteroatoms. The highest BCUT2D eigenvalue weighted by Gasteiger charge is 2.28. The third-order valence-electron chi connectivity index (χ3n) is 14.3. The number of nitrogens with one attached hydrogen (secondary N) is 2. The van der Waals surface area contributed by atoms with Crippen LogP contribution >= 0.6 is 7.82 Å². The van der Waals surface area contributed by atoms with Gasteiger partial charge in [-0.25, -0.2) is 19.3 Å². The van der Waals surface area contributed by atoms with Gasteiger partial charge in [0.15, 0.2) is 23.1 Å². The fourth-order valence-electron chi connectivity index (χ4n) is 9.19. The molecule has 3 atom stereocenters. The van der Waals surface area contributed by atoms with Gasteiger partial charge in [0.1, 0.15) is 25.8 Å². The average molecular weight is 1200 g/mol. The maximum atomic E-state index is 13.7. The van der Waals surface area contributed by atoms with Crippen molar-refractivity contribution in [2.75, 3.05) is 84.1 Å². The molecule has 22 nitrogen and oxygen atoms in total. The van der Waals surface area contributed by atoms with Gasteiger partial charge in [-0.05, 0) is 43.5 Å². The minimum atomic E-state index is -4.57. The zero-order valence-electron chi connectivity index (χ0n) is 51.7. The van der Waals surface area contributed by atoms with E-state index in [4.69, 9.17) is 34.7 Å². The topological polar surface area (TPSA) is 300 Å². The Hall–Kier alpha value is -5.54. The Labute approximate surface area is 500 Å². The van der Waals surface area contributed by atoms with E-state index >= 15 is 0 Å². The van der Waals surface area contributed by atoms with Gasteiger partial charge in [0.05, 0.1) is 59.2 Å². The van der Waals surface area contributed by atoms with Crippen molar-refractivity contribution in [3.05, 3.63) is 41.7 Å². The van der Waals surface area contributed by atoms with Crippen LogP contribution in [-0.4, -0.2) is 139 Å². The minimum absolute atomic E-state index is 0.000339. The number of nitrogen functional groups attached to an aromatic ring is 2. The van der Waals surface area contributed by atoms with Crippen LogP contribution in [-0.2, 0) is 53.5 Å². The number of benzene rings is 1. The molecule has 2 heterocycles. The van der Waals surface area contributed by atoms with Crippen molar-refractivity contribution < 1.29 is 61.2 Å². The van der Waals surface area contributed by atoms with Gasteiger partial charge < -0.3 is 50.6 Å². The van der Waals surface area contributed by atoms with E-state index in [0.29, 0.717) is 41.6 Å². The van der Waals surface area contributed by atoms with E-state index in [-0.39, 0.29) is 68.4 Å². The second-order valence-corrected chi connectivity index (χ2v) is 24.5. The van der Waals surface area contributed by atoms with Crippen molar-refractivity contribution >= 4 is 66.2 Å². The molecule has 2 unspecified atom stereocenters. The molecule has 0 radical (unpaired) electrons. The number of carbonyl (C=O) groups excluding carboxylic acids is 5. The number of likely N-dealkylation sites (N-methyl/N-ethyl adjacent to an activating group) is 1. The maximum Gasteiger partial charge on any atom is 0.472 e. The van der Waals surface area contributed by atoms with Crippen molar-refractivity contribution in [3.63, 3.8) is 0 Å². The fraction of sp³-hybridized carbons (Fsp3) is 0.721. The highest BCUT2D eigenvalue weighted by Crippen LogP contribution is 2.43. The Morgan fingerprint density at radius 3 is 1.80 bits per heavy atom.